The minimum atomic E-state index is -3.86. The molecular formula is C15H11BrFN3O3S. The topological polar surface area (TPSA) is 87.6 Å². The number of para-hydroxylation sites is 1. The summed E-state index contributed by atoms with van der Waals surface area (Å²) in [5.74, 6) is -1.21. The number of amidine groups is 1. The molecule has 6 nitrogen and oxygen atoms in total. The number of anilines is 2. The van der Waals surface area contributed by atoms with E-state index in [9.17, 15) is 17.6 Å². The highest BCUT2D eigenvalue weighted by atomic mass is 79.9. The van der Waals surface area contributed by atoms with Crippen molar-refractivity contribution in [3.05, 3.63) is 52.8 Å². The van der Waals surface area contributed by atoms with Crippen molar-refractivity contribution in [3.8, 4) is 0 Å². The lowest BCUT2D eigenvalue weighted by Gasteiger charge is -2.17. The number of benzene rings is 2. The quantitative estimate of drug-likeness (QED) is 0.811. The number of amides is 1. The second-order valence-corrected chi connectivity index (χ2v) is 7.47. The molecule has 1 heterocycles. The molecule has 0 spiro atoms. The Kier molecular flexibility index (Phi) is 4.37. The molecule has 1 amide bonds. The Balaban J connectivity index is 1.77. The molecule has 0 unspecified atom stereocenters. The Morgan fingerprint density at radius 1 is 1.25 bits per heavy atom. The fourth-order valence-electron chi connectivity index (χ4n) is 2.18. The number of nitrogens with zero attached hydrogens (tertiary/aromatic N) is 1. The van der Waals surface area contributed by atoms with Crippen molar-refractivity contribution in [3.63, 3.8) is 0 Å². The molecule has 3 rings (SSSR count). The average molecular weight is 412 g/mol. The van der Waals surface area contributed by atoms with Gasteiger partial charge in [0.05, 0.1) is 17.8 Å². The maximum absolute atomic E-state index is 13.7. The Bertz CT molecular complexity index is 960. The number of hydrogen-bond donors (Lipinski definition) is 2. The first-order valence-corrected chi connectivity index (χ1v) is 9.03. The zero-order valence-corrected chi connectivity index (χ0v) is 14.5. The summed E-state index contributed by atoms with van der Waals surface area (Å²) in [5, 5.41) is 5.19. The minimum absolute atomic E-state index is 0.00265. The van der Waals surface area contributed by atoms with Crippen LogP contribution in [0.5, 0.6) is 0 Å². The SMILES string of the molecule is O=C(CC1=NS(=O)(=O)c2ccccc2N1)Nc1ccc(Br)cc1F. The van der Waals surface area contributed by atoms with Crippen LogP contribution in [0.3, 0.4) is 0 Å². The van der Waals surface area contributed by atoms with E-state index in [-0.39, 0.29) is 22.8 Å². The molecule has 0 radical (unpaired) electrons. The standard InChI is InChI=1S/C15H11BrFN3O3S/c16-9-5-6-11(10(17)7-9)19-15(21)8-14-18-12-3-1-2-4-13(12)24(22,23)20-14/h1-7H,8H2,(H,18,20)(H,19,21). The summed E-state index contributed by atoms with van der Waals surface area (Å²) in [7, 11) is -3.86. The van der Waals surface area contributed by atoms with E-state index < -0.39 is 21.7 Å². The zero-order valence-electron chi connectivity index (χ0n) is 12.1. The van der Waals surface area contributed by atoms with Crippen LogP contribution in [-0.2, 0) is 14.8 Å². The van der Waals surface area contributed by atoms with Gasteiger partial charge < -0.3 is 10.6 Å². The lowest BCUT2D eigenvalue weighted by Crippen LogP contribution is -2.26. The second-order valence-electron chi connectivity index (χ2n) is 4.98. The van der Waals surface area contributed by atoms with E-state index in [0.717, 1.165) is 0 Å². The fraction of sp³-hybridized carbons (Fsp3) is 0.0667. The third kappa shape index (κ3) is 3.46. The van der Waals surface area contributed by atoms with E-state index in [4.69, 9.17) is 0 Å². The third-order valence-electron chi connectivity index (χ3n) is 3.21. The van der Waals surface area contributed by atoms with E-state index in [2.05, 4.69) is 31.0 Å². The molecule has 0 saturated carbocycles. The third-order valence-corrected chi connectivity index (χ3v) is 5.07. The first-order chi connectivity index (χ1) is 11.3. The molecule has 9 heteroatoms. The highest BCUT2D eigenvalue weighted by Crippen LogP contribution is 2.27. The largest absolute Gasteiger partial charge is 0.341 e. The maximum atomic E-state index is 13.7. The predicted octanol–water partition coefficient (Wildman–Crippen LogP) is 3.13. The predicted molar refractivity (Wildman–Crippen MR) is 92.0 cm³/mol. The molecular weight excluding hydrogens is 401 g/mol. The van der Waals surface area contributed by atoms with Crippen LogP contribution in [0.2, 0.25) is 0 Å². The van der Waals surface area contributed by atoms with Crippen LogP contribution in [-0.4, -0.2) is 20.2 Å². The van der Waals surface area contributed by atoms with Crippen molar-refractivity contribution >= 4 is 49.1 Å². The van der Waals surface area contributed by atoms with Crippen LogP contribution in [0, 0.1) is 5.82 Å². The van der Waals surface area contributed by atoms with Gasteiger partial charge in [-0.1, -0.05) is 28.1 Å². The lowest BCUT2D eigenvalue weighted by molar-refractivity contribution is -0.115. The molecule has 2 aromatic rings. The van der Waals surface area contributed by atoms with Crippen LogP contribution in [0.25, 0.3) is 0 Å². The number of carbonyl (C=O) groups is 1. The van der Waals surface area contributed by atoms with Crippen LogP contribution >= 0.6 is 15.9 Å². The number of fused-ring (bicyclic) bond motifs is 1. The van der Waals surface area contributed by atoms with Crippen molar-refractivity contribution in [2.75, 3.05) is 10.6 Å². The molecule has 124 valence electrons. The van der Waals surface area contributed by atoms with Gasteiger partial charge in [0.15, 0.2) is 0 Å². The molecule has 1 aliphatic heterocycles. The van der Waals surface area contributed by atoms with Crippen LogP contribution in [0.15, 0.2) is 56.2 Å². The Morgan fingerprint density at radius 3 is 2.75 bits per heavy atom. The fourth-order valence-corrected chi connectivity index (χ4v) is 3.66. The van der Waals surface area contributed by atoms with Gasteiger partial charge in [-0.15, -0.1) is 4.40 Å². The van der Waals surface area contributed by atoms with Crippen LogP contribution in [0.1, 0.15) is 6.42 Å². The molecule has 0 fully saturated rings. The highest BCUT2D eigenvalue weighted by molar-refractivity contribution is 9.10. The van der Waals surface area contributed by atoms with Crippen LogP contribution < -0.4 is 10.6 Å². The molecule has 2 aromatic carbocycles. The van der Waals surface area contributed by atoms with Gasteiger partial charge in [0.25, 0.3) is 10.0 Å². The number of nitrogens with one attached hydrogen (secondary N) is 2. The van der Waals surface area contributed by atoms with E-state index in [1.165, 1.54) is 18.2 Å². The maximum Gasteiger partial charge on any atom is 0.286 e. The molecule has 0 aliphatic carbocycles. The van der Waals surface area contributed by atoms with Gasteiger partial charge in [-0.25, -0.2) is 4.39 Å². The van der Waals surface area contributed by atoms with Gasteiger partial charge in [0.1, 0.15) is 16.5 Å². The lowest BCUT2D eigenvalue weighted by atomic mass is 10.2. The van der Waals surface area contributed by atoms with Crippen molar-refractivity contribution in [2.24, 2.45) is 4.40 Å². The van der Waals surface area contributed by atoms with Gasteiger partial charge in [0.2, 0.25) is 5.91 Å². The van der Waals surface area contributed by atoms with E-state index in [0.29, 0.717) is 10.2 Å². The number of carbonyl (C=O) groups excluding carboxylic acids is 1. The van der Waals surface area contributed by atoms with E-state index in [1.807, 2.05) is 0 Å². The highest BCUT2D eigenvalue weighted by Gasteiger charge is 2.25. The van der Waals surface area contributed by atoms with E-state index >= 15 is 0 Å². The van der Waals surface area contributed by atoms with Gasteiger partial charge in [0, 0.05) is 4.47 Å². The Hall–Kier alpha value is -2.26. The number of halogens is 2. The summed E-state index contributed by atoms with van der Waals surface area (Å²) in [5.41, 5.74) is 0.355. The van der Waals surface area contributed by atoms with Crippen molar-refractivity contribution < 1.29 is 17.6 Å². The smallest absolute Gasteiger partial charge is 0.286 e. The minimum Gasteiger partial charge on any atom is -0.341 e. The average Bonchev–Trinajstić information content (AvgIpc) is 2.49. The first kappa shape index (κ1) is 16.6. The summed E-state index contributed by atoms with van der Waals surface area (Å²) in [4.78, 5) is 12.1. The molecule has 0 saturated heterocycles. The summed E-state index contributed by atoms with van der Waals surface area (Å²) in [6, 6.07) is 10.5. The van der Waals surface area contributed by atoms with Crippen molar-refractivity contribution in [1.82, 2.24) is 0 Å². The Morgan fingerprint density at radius 2 is 2.00 bits per heavy atom. The monoisotopic (exact) mass is 411 g/mol. The number of rotatable bonds is 3. The molecule has 0 atom stereocenters. The summed E-state index contributed by atoms with van der Waals surface area (Å²) in [6.45, 7) is 0. The first-order valence-electron chi connectivity index (χ1n) is 6.80. The summed E-state index contributed by atoms with van der Waals surface area (Å²) < 4.78 is 42.0. The molecule has 0 bridgehead atoms. The summed E-state index contributed by atoms with van der Waals surface area (Å²) >= 11 is 3.12. The molecule has 0 aromatic heterocycles. The molecule has 24 heavy (non-hydrogen) atoms. The number of hydrogen-bond acceptors (Lipinski definition) is 4. The number of sulfonamides is 1. The van der Waals surface area contributed by atoms with Crippen molar-refractivity contribution in [1.29, 1.82) is 0 Å². The van der Waals surface area contributed by atoms with Gasteiger partial charge in [-0.3, -0.25) is 4.79 Å². The van der Waals surface area contributed by atoms with Crippen LogP contribution in [0.4, 0.5) is 15.8 Å². The van der Waals surface area contributed by atoms with Gasteiger partial charge in [-0.05, 0) is 30.3 Å². The summed E-state index contributed by atoms with van der Waals surface area (Å²) in [6.07, 6.45) is -0.330. The second kappa shape index (κ2) is 6.33. The van der Waals surface area contributed by atoms with Gasteiger partial charge in [-0.2, -0.15) is 8.42 Å². The Labute approximate surface area is 146 Å². The van der Waals surface area contributed by atoms with Crippen molar-refractivity contribution in [2.45, 2.75) is 11.3 Å². The normalized spacial score (nSPS) is 15.0. The van der Waals surface area contributed by atoms with E-state index in [1.54, 1.807) is 24.3 Å². The molecule has 2 N–H and O–H groups in total. The van der Waals surface area contributed by atoms with Gasteiger partial charge >= 0.3 is 0 Å². The zero-order chi connectivity index (χ0) is 17.3. The molecule has 1 aliphatic rings.